The number of amides is 1. The summed E-state index contributed by atoms with van der Waals surface area (Å²) in [5.41, 5.74) is 1.26. The molecule has 1 N–H and O–H groups in total. The largest absolute Gasteiger partial charge is 0.422 e. The summed E-state index contributed by atoms with van der Waals surface area (Å²) in [5, 5.41) is 3.36. The molecule has 0 fully saturated rings. The molecular weight excluding hydrogens is 282 g/mol. The van der Waals surface area contributed by atoms with Crippen LogP contribution >= 0.6 is 0 Å². The highest BCUT2D eigenvalue weighted by Gasteiger charge is 2.13. The van der Waals surface area contributed by atoms with Gasteiger partial charge in [-0.05, 0) is 25.1 Å². The second-order valence-electron chi connectivity index (χ2n) is 4.82. The van der Waals surface area contributed by atoms with Crippen LogP contribution < -0.4 is 10.9 Å². The number of fused-ring (bicyclic) bond motifs is 1. The number of hydrogen-bond acceptors (Lipinski definition) is 5. The number of hydrogen-bond donors (Lipinski definition) is 1. The molecule has 0 saturated carbocycles. The summed E-state index contributed by atoms with van der Waals surface area (Å²) in [5.74, 6) is -0.490. The summed E-state index contributed by atoms with van der Waals surface area (Å²) in [6.45, 7) is 2.05. The minimum Gasteiger partial charge on any atom is -0.422 e. The molecule has 110 valence electrons. The Balaban J connectivity index is 1.83. The first-order valence-corrected chi connectivity index (χ1v) is 6.72. The molecule has 0 unspecified atom stereocenters. The van der Waals surface area contributed by atoms with E-state index < -0.39 is 11.5 Å². The monoisotopic (exact) mass is 295 g/mol. The van der Waals surface area contributed by atoms with Crippen molar-refractivity contribution in [1.29, 1.82) is 0 Å². The van der Waals surface area contributed by atoms with Gasteiger partial charge in [-0.3, -0.25) is 4.79 Å². The number of benzene rings is 1. The molecule has 6 heteroatoms. The lowest BCUT2D eigenvalue weighted by Gasteiger charge is -2.05. The van der Waals surface area contributed by atoms with Crippen molar-refractivity contribution in [3.63, 3.8) is 0 Å². The first-order valence-electron chi connectivity index (χ1n) is 6.72. The molecule has 1 amide bonds. The highest BCUT2D eigenvalue weighted by atomic mass is 16.4. The number of para-hydroxylation sites is 1. The number of nitrogens with zero attached hydrogens (tertiary/aromatic N) is 2. The van der Waals surface area contributed by atoms with E-state index in [-0.39, 0.29) is 12.1 Å². The number of rotatable bonds is 3. The van der Waals surface area contributed by atoms with Crippen molar-refractivity contribution in [2.45, 2.75) is 13.5 Å². The van der Waals surface area contributed by atoms with E-state index in [1.54, 1.807) is 24.3 Å². The van der Waals surface area contributed by atoms with Crippen molar-refractivity contribution < 1.29 is 9.21 Å². The van der Waals surface area contributed by atoms with Gasteiger partial charge in [0.2, 0.25) is 0 Å². The Labute approximate surface area is 125 Å². The van der Waals surface area contributed by atoms with Crippen molar-refractivity contribution in [3.8, 4) is 0 Å². The number of aryl methyl sites for hydroxylation is 1. The van der Waals surface area contributed by atoms with Crippen molar-refractivity contribution in [1.82, 2.24) is 15.3 Å². The normalized spacial score (nSPS) is 10.6. The quantitative estimate of drug-likeness (QED) is 0.745. The molecule has 6 nitrogen and oxygen atoms in total. The van der Waals surface area contributed by atoms with E-state index in [0.717, 1.165) is 5.69 Å². The van der Waals surface area contributed by atoms with E-state index in [9.17, 15) is 9.59 Å². The topological polar surface area (TPSA) is 85.1 Å². The van der Waals surface area contributed by atoms with Gasteiger partial charge in [-0.1, -0.05) is 18.2 Å². The minimum atomic E-state index is -0.657. The molecule has 0 aliphatic heterocycles. The third-order valence-electron chi connectivity index (χ3n) is 3.18. The van der Waals surface area contributed by atoms with Gasteiger partial charge in [-0.2, -0.15) is 0 Å². The molecule has 0 atom stereocenters. The first-order chi connectivity index (χ1) is 10.6. The molecule has 0 bridgehead atoms. The standard InChI is InChI=1S/C16H13N3O3/c1-10-6-12(19-9-18-10)8-17-15(20)13-7-11-4-2-3-5-14(11)22-16(13)21/h2-7,9H,8H2,1H3,(H,17,20). The molecule has 0 saturated heterocycles. The van der Waals surface area contributed by atoms with Crippen molar-refractivity contribution in [2.24, 2.45) is 0 Å². The van der Waals surface area contributed by atoms with E-state index >= 15 is 0 Å². The summed E-state index contributed by atoms with van der Waals surface area (Å²) in [7, 11) is 0. The number of aromatic nitrogens is 2. The van der Waals surface area contributed by atoms with Crippen LogP contribution in [0.3, 0.4) is 0 Å². The Kier molecular flexibility index (Phi) is 3.65. The average molecular weight is 295 g/mol. The lowest BCUT2D eigenvalue weighted by Crippen LogP contribution is -2.28. The second kappa shape index (κ2) is 5.77. The highest BCUT2D eigenvalue weighted by Crippen LogP contribution is 2.12. The van der Waals surface area contributed by atoms with Crippen LogP contribution in [0.4, 0.5) is 0 Å². The lowest BCUT2D eigenvalue weighted by atomic mass is 10.2. The van der Waals surface area contributed by atoms with Gasteiger partial charge in [0.1, 0.15) is 17.5 Å². The van der Waals surface area contributed by atoms with Gasteiger partial charge >= 0.3 is 5.63 Å². The maximum atomic E-state index is 12.2. The van der Waals surface area contributed by atoms with Crippen LogP contribution in [-0.2, 0) is 6.54 Å². The van der Waals surface area contributed by atoms with Crippen LogP contribution in [0.2, 0.25) is 0 Å². The molecule has 1 aromatic carbocycles. The summed E-state index contributed by atoms with van der Waals surface area (Å²) in [4.78, 5) is 32.1. The number of nitrogens with one attached hydrogen (secondary N) is 1. The zero-order chi connectivity index (χ0) is 15.5. The Hall–Kier alpha value is -3.02. The van der Waals surface area contributed by atoms with Gasteiger partial charge in [0.25, 0.3) is 5.91 Å². The summed E-state index contributed by atoms with van der Waals surface area (Å²) in [6.07, 6.45) is 1.43. The molecule has 0 spiro atoms. The zero-order valence-corrected chi connectivity index (χ0v) is 11.9. The fraction of sp³-hybridized carbons (Fsp3) is 0.125. The van der Waals surface area contributed by atoms with Crippen LogP contribution in [0.25, 0.3) is 11.0 Å². The van der Waals surface area contributed by atoms with E-state index in [2.05, 4.69) is 15.3 Å². The average Bonchev–Trinajstić information content (AvgIpc) is 2.52. The Morgan fingerprint density at radius 2 is 2.05 bits per heavy atom. The van der Waals surface area contributed by atoms with E-state index in [0.29, 0.717) is 16.7 Å². The maximum absolute atomic E-state index is 12.2. The van der Waals surface area contributed by atoms with Gasteiger partial charge in [0.15, 0.2) is 0 Å². The molecule has 2 heterocycles. The zero-order valence-electron chi connectivity index (χ0n) is 11.9. The van der Waals surface area contributed by atoms with Crippen LogP contribution in [0, 0.1) is 6.92 Å². The van der Waals surface area contributed by atoms with Gasteiger partial charge in [0.05, 0.1) is 12.2 Å². The summed E-state index contributed by atoms with van der Waals surface area (Å²) < 4.78 is 5.14. The smallest absolute Gasteiger partial charge is 0.349 e. The Bertz CT molecular complexity index is 902. The fourth-order valence-electron chi connectivity index (χ4n) is 2.09. The molecule has 22 heavy (non-hydrogen) atoms. The van der Waals surface area contributed by atoms with Crippen molar-refractivity contribution in [3.05, 3.63) is 70.1 Å². The van der Waals surface area contributed by atoms with Crippen LogP contribution in [0.15, 0.2) is 51.9 Å². The van der Waals surface area contributed by atoms with Gasteiger partial charge in [-0.25, -0.2) is 14.8 Å². The van der Waals surface area contributed by atoms with Gasteiger partial charge in [0, 0.05) is 11.1 Å². The van der Waals surface area contributed by atoms with Crippen molar-refractivity contribution >= 4 is 16.9 Å². The summed E-state index contributed by atoms with van der Waals surface area (Å²) >= 11 is 0. The molecular formula is C16H13N3O3. The lowest BCUT2D eigenvalue weighted by molar-refractivity contribution is 0.0947. The predicted molar refractivity (Wildman–Crippen MR) is 80.4 cm³/mol. The van der Waals surface area contributed by atoms with Gasteiger partial charge < -0.3 is 9.73 Å². The van der Waals surface area contributed by atoms with E-state index in [1.807, 2.05) is 13.0 Å². The van der Waals surface area contributed by atoms with Gasteiger partial charge in [-0.15, -0.1) is 0 Å². The molecule has 3 rings (SSSR count). The second-order valence-corrected chi connectivity index (χ2v) is 4.82. The molecule has 3 aromatic rings. The Morgan fingerprint density at radius 3 is 2.86 bits per heavy atom. The molecule has 2 aromatic heterocycles. The minimum absolute atomic E-state index is 0.0236. The van der Waals surface area contributed by atoms with E-state index in [1.165, 1.54) is 12.4 Å². The van der Waals surface area contributed by atoms with Crippen LogP contribution in [0.1, 0.15) is 21.7 Å². The molecule has 0 aliphatic carbocycles. The van der Waals surface area contributed by atoms with Crippen molar-refractivity contribution in [2.75, 3.05) is 0 Å². The summed E-state index contributed by atoms with van der Waals surface area (Å²) in [6, 6.07) is 10.3. The molecule has 0 radical (unpaired) electrons. The Morgan fingerprint density at radius 1 is 1.23 bits per heavy atom. The molecule has 0 aliphatic rings. The number of carbonyl (C=O) groups is 1. The fourth-order valence-corrected chi connectivity index (χ4v) is 2.09. The third kappa shape index (κ3) is 2.85. The van der Waals surface area contributed by atoms with Crippen LogP contribution in [-0.4, -0.2) is 15.9 Å². The maximum Gasteiger partial charge on any atom is 0.349 e. The third-order valence-corrected chi connectivity index (χ3v) is 3.18. The first kappa shape index (κ1) is 13.9. The number of carbonyl (C=O) groups excluding carboxylic acids is 1. The van der Waals surface area contributed by atoms with E-state index in [4.69, 9.17) is 4.42 Å². The van der Waals surface area contributed by atoms with Crippen LogP contribution in [0.5, 0.6) is 0 Å². The highest BCUT2D eigenvalue weighted by molar-refractivity contribution is 5.96. The predicted octanol–water partition coefficient (Wildman–Crippen LogP) is 1.82. The SMILES string of the molecule is Cc1cc(CNC(=O)c2cc3ccccc3oc2=O)ncn1.